The molecule has 0 spiro atoms. The largest absolute Gasteiger partial charge is 0.491 e. The Labute approximate surface area is 246 Å². The van der Waals surface area contributed by atoms with Crippen molar-refractivity contribution >= 4 is 22.9 Å². The molecule has 7 rings (SSSR count). The molecule has 0 bridgehead atoms. The average molecular weight is 580 g/mol. The lowest BCUT2D eigenvalue weighted by Crippen LogP contribution is -2.50. The first-order valence-corrected chi connectivity index (χ1v) is 14.2. The van der Waals surface area contributed by atoms with Gasteiger partial charge in [-0.1, -0.05) is 12.6 Å². The first-order chi connectivity index (χ1) is 20.9. The van der Waals surface area contributed by atoms with Crippen molar-refractivity contribution in [2.45, 2.75) is 37.9 Å². The normalized spacial score (nSPS) is 19.8. The number of benzene rings is 1. The van der Waals surface area contributed by atoms with Crippen LogP contribution < -0.4 is 15.8 Å². The summed E-state index contributed by atoms with van der Waals surface area (Å²) in [5.74, 6) is 1.50. The highest BCUT2D eigenvalue weighted by molar-refractivity contribution is 5.87. The number of hydrogen-bond donors (Lipinski definition) is 2. The zero-order chi connectivity index (χ0) is 29.7. The molecule has 218 valence electrons. The number of halogens is 1. The summed E-state index contributed by atoms with van der Waals surface area (Å²) in [6, 6.07) is 15.0. The molecule has 2 aliphatic heterocycles. The summed E-state index contributed by atoms with van der Waals surface area (Å²) >= 11 is 0. The molecular formula is C31H30FN9O2. The fourth-order valence-electron chi connectivity index (χ4n) is 6.06. The number of ether oxygens (including phenoxy) is 1. The van der Waals surface area contributed by atoms with Gasteiger partial charge in [0, 0.05) is 48.7 Å². The molecule has 1 amide bonds. The van der Waals surface area contributed by atoms with Gasteiger partial charge in [0.15, 0.2) is 17.3 Å². The van der Waals surface area contributed by atoms with Gasteiger partial charge in [0.1, 0.15) is 23.7 Å². The predicted molar refractivity (Wildman–Crippen MR) is 159 cm³/mol. The Morgan fingerprint density at radius 1 is 1.21 bits per heavy atom. The van der Waals surface area contributed by atoms with E-state index >= 15 is 0 Å². The third-order valence-electron chi connectivity index (χ3n) is 8.17. The number of nitrogens with one attached hydrogen (secondary N) is 1. The number of carbonyl (C=O) groups excluding carboxylic acids is 1. The third-order valence-corrected chi connectivity index (χ3v) is 8.17. The lowest BCUT2D eigenvalue weighted by molar-refractivity contribution is -0.129. The maximum Gasteiger partial charge on any atom is 0.246 e. The number of aromatic nitrogens is 6. The highest BCUT2D eigenvalue weighted by atomic mass is 19.1. The summed E-state index contributed by atoms with van der Waals surface area (Å²) in [5.41, 5.74) is 9.96. The van der Waals surface area contributed by atoms with Gasteiger partial charge >= 0.3 is 0 Å². The lowest BCUT2D eigenvalue weighted by atomic mass is 9.96. The SMILES string of the molecule is C=CC(=O)N1CCC(N[C@H]2COc3cc(-n4c(-c5cccnc5N)nc5ccc(-n6ccc(F)n6)nc54)ccc32)C[C@H]1C. The summed E-state index contributed by atoms with van der Waals surface area (Å²) < 4.78 is 23.2. The van der Waals surface area contributed by atoms with Gasteiger partial charge in [-0.25, -0.2) is 19.6 Å². The third kappa shape index (κ3) is 4.79. The second kappa shape index (κ2) is 10.6. The quantitative estimate of drug-likeness (QED) is 0.289. The number of nitrogens with two attached hydrogens (primary N) is 1. The molecule has 12 heteroatoms. The Balaban J connectivity index is 1.24. The van der Waals surface area contributed by atoms with Crippen LogP contribution in [0.25, 0.3) is 34.1 Å². The minimum atomic E-state index is -0.594. The van der Waals surface area contributed by atoms with Crippen LogP contribution in [-0.4, -0.2) is 65.3 Å². The summed E-state index contributed by atoms with van der Waals surface area (Å²) in [5, 5.41) is 7.62. The maximum atomic E-state index is 13.7. The fourth-order valence-corrected chi connectivity index (χ4v) is 6.06. The molecule has 5 aromatic rings. The van der Waals surface area contributed by atoms with E-state index in [1.807, 2.05) is 39.8 Å². The Hall–Kier alpha value is -5.10. The number of nitrogen functional groups attached to an aromatic ring is 1. The Morgan fingerprint density at radius 3 is 2.86 bits per heavy atom. The standard InChI is InChI=1S/C31H30FN9O2/c1-3-28(42)39-13-10-19(15-18(39)2)35-24-17-43-25-16-20(6-7-21(24)25)41-30(22-5-4-12-34-29(22)33)36-23-8-9-27(37-31(23)41)40-14-11-26(32)38-40/h3-9,11-12,14,16,18-19,24,35H,1,10,13,15,17H2,2H3,(H2,33,34)/t18-,19?,24+/m1/s1. The van der Waals surface area contributed by atoms with Crippen molar-refractivity contribution in [3.05, 3.63) is 85.1 Å². The number of anilines is 1. The number of rotatable bonds is 6. The van der Waals surface area contributed by atoms with Gasteiger partial charge in [-0.15, -0.1) is 5.10 Å². The zero-order valence-electron chi connectivity index (χ0n) is 23.5. The molecule has 1 aromatic carbocycles. The number of hydrogen-bond acceptors (Lipinski definition) is 8. The molecule has 3 atom stereocenters. The Kier molecular flexibility index (Phi) is 6.62. The topological polar surface area (TPSA) is 129 Å². The van der Waals surface area contributed by atoms with Gasteiger partial charge in [-0.05, 0) is 56.2 Å². The molecule has 3 N–H and O–H groups in total. The summed E-state index contributed by atoms with van der Waals surface area (Å²) in [6.45, 7) is 6.89. The molecule has 43 heavy (non-hydrogen) atoms. The number of piperidine rings is 1. The van der Waals surface area contributed by atoms with Crippen LogP contribution in [0, 0.1) is 5.95 Å². The van der Waals surface area contributed by atoms with Gasteiger partial charge in [0.25, 0.3) is 0 Å². The van der Waals surface area contributed by atoms with Gasteiger partial charge in [-0.2, -0.15) is 4.39 Å². The Morgan fingerprint density at radius 2 is 2.09 bits per heavy atom. The van der Waals surface area contributed by atoms with Crippen molar-refractivity contribution in [2.24, 2.45) is 0 Å². The van der Waals surface area contributed by atoms with Gasteiger partial charge in [0.2, 0.25) is 11.9 Å². The van der Waals surface area contributed by atoms with Crippen LogP contribution >= 0.6 is 0 Å². The molecule has 6 heterocycles. The lowest BCUT2D eigenvalue weighted by Gasteiger charge is -2.38. The highest BCUT2D eigenvalue weighted by Gasteiger charge is 2.32. The number of nitrogens with zero attached hydrogens (tertiary/aromatic N) is 7. The van der Waals surface area contributed by atoms with Crippen LogP contribution in [-0.2, 0) is 4.79 Å². The van der Waals surface area contributed by atoms with E-state index in [2.05, 4.69) is 35.0 Å². The molecular weight excluding hydrogens is 549 g/mol. The van der Waals surface area contributed by atoms with Gasteiger partial charge in [-0.3, -0.25) is 9.36 Å². The van der Waals surface area contributed by atoms with Crippen molar-refractivity contribution in [3.8, 4) is 28.6 Å². The molecule has 0 radical (unpaired) electrons. The van der Waals surface area contributed by atoms with Crippen molar-refractivity contribution in [1.29, 1.82) is 0 Å². The maximum absolute atomic E-state index is 13.7. The number of amides is 1. The molecule has 1 saturated heterocycles. The molecule has 4 aromatic heterocycles. The minimum Gasteiger partial charge on any atom is -0.491 e. The monoisotopic (exact) mass is 579 g/mol. The average Bonchev–Trinajstić information content (AvgIpc) is 3.73. The van der Waals surface area contributed by atoms with E-state index in [1.165, 1.54) is 23.0 Å². The number of fused-ring (bicyclic) bond motifs is 2. The predicted octanol–water partition coefficient (Wildman–Crippen LogP) is 3.98. The second-order valence-corrected chi connectivity index (χ2v) is 10.9. The van der Waals surface area contributed by atoms with E-state index in [1.54, 1.807) is 12.3 Å². The smallest absolute Gasteiger partial charge is 0.246 e. The molecule has 1 unspecified atom stereocenters. The number of likely N-dealkylation sites (tertiary alicyclic amines) is 1. The van der Waals surface area contributed by atoms with E-state index in [0.29, 0.717) is 47.3 Å². The molecule has 0 aliphatic carbocycles. The molecule has 1 fully saturated rings. The van der Waals surface area contributed by atoms with Crippen LogP contribution in [0.2, 0.25) is 0 Å². The molecule has 0 saturated carbocycles. The zero-order valence-corrected chi connectivity index (χ0v) is 23.5. The van der Waals surface area contributed by atoms with Gasteiger partial charge < -0.3 is 20.7 Å². The minimum absolute atomic E-state index is 0.0224. The van der Waals surface area contributed by atoms with Crippen molar-refractivity contribution in [3.63, 3.8) is 0 Å². The number of imidazole rings is 1. The van der Waals surface area contributed by atoms with Crippen LogP contribution in [0.4, 0.5) is 10.2 Å². The van der Waals surface area contributed by atoms with Crippen molar-refractivity contribution in [1.82, 2.24) is 39.5 Å². The highest BCUT2D eigenvalue weighted by Crippen LogP contribution is 2.38. The second-order valence-electron chi connectivity index (χ2n) is 10.9. The summed E-state index contributed by atoms with van der Waals surface area (Å²) in [6.07, 6.45) is 6.25. The van der Waals surface area contributed by atoms with Crippen LogP contribution in [0.15, 0.2) is 73.6 Å². The number of carbonyl (C=O) groups is 1. The van der Waals surface area contributed by atoms with Crippen molar-refractivity contribution in [2.75, 3.05) is 18.9 Å². The van der Waals surface area contributed by atoms with Crippen LogP contribution in [0.5, 0.6) is 5.75 Å². The van der Waals surface area contributed by atoms with E-state index in [-0.39, 0.29) is 24.0 Å². The van der Waals surface area contributed by atoms with E-state index in [9.17, 15) is 9.18 Å². The van der Waals surface area contributed by atoms with Gasteiger partial charge in [0.05, 0.1) is 17.3 Å². The molecule has 2 aliphatic rings. The Bertz CT molecular complexity index is 1870. The van der Waals surface area contributed by atoms with Crippen molar-refractivity contribution < 1.29 is 13.9 Å². The number of pyridine rings is 2. The summed E-state index contributed by atoms with van der Waals surface area (Å²) in [4.78, 5) is 28.0. The van der Waals surface area contributed by atoms with E-state index in [0.717, 1.165) is 29.8 Å². The van der Waals surface area contributed by atoms with Crippen LogP contribution in [0.3, 0.4) is 0 Å². The summed E-state index contributed by atoms with van der Waals surface area (Å²) in [7, 11) is 0. The first kappa shape index (κ1) is 26.8. The van der Waals surface area contributed by atoms with E-state index in [4.69, 9.17) is 20.4 Å². The van der Waals surface area contributed by atoms with Crippen LogP contribution in [0.1, 0.15) is 31.4 Å². The van der Waals surface area contributed by atoms with E-state index < -0.39 is 5.95 Å². The first-order valence-electron chi connectivity index (χ1n) is 14.2. The fraction of sp³-hybridized carbons (Fsp3) is 0.258. The molecule has 11 nitrogen and oxygen atoms in total.